The molecule has 0 bridgehead atoms. The minimum absolute atomic E-state index is 0.0912. The Hall–Kier alpha value is -1.42. The van der Waals surface area contributed by atoms with Crippen molar-refractivity contribution in [2.45, 2.75) is 25.7 Å². The van der Waals surface area contributed by atoms with Crippen LogP contribution in [0.2, 0.25) is 5.02 Å². The van der Waals surface area contributed by atoms with E-state index in [0.29, 0.717) is 23.4 Å². The van der Waals surface area contributed by atoms with Crippen LogP contribution in [0.1, 0.15) is 31.2 Å². The van der Waals surface area contributed by atoms with E-state index in [9.17, 15) is 14.9 Å². The van der Waals surface area contributed by atoms with Crippen molar-refractivity contribution in [1.29, 1.82) is 0 Å². The number of nitrogens with zero attached hydrogens (tertiary/aromatic N) is 1. The quantitative estimate of drug-likeness (QED) is 0.580. The molecule has 0 aliphatic carbocycles. The summed E-state index contributed by atoms with van der Waals surface area (Å²) in [6, 6.07) is 6.63. The standard InChI is InChI=1S/C12H14ClNO3/c1-2-3-12(15)11(8-14(16)17)9-4-6-10(13)7-5-9/h4-7,11H,2-3,8H2,1H3/t11-/m0/s1. The number of nitro groups is 1. The van der Waals surface area contributed by atoms with Gasteiger partial charge in [0.15, 0.2) is 0 Å². The molecular formula is C12H14ClNO3. The van der Waals surface area contributed by atoms with Gasteiger partial charge < -0.3 is 0 Å². The molecule has 1 aromatic rings. The Labute approximate surface area is 105 Å². The number of halogens is 1. The van der Waals surface area contributed by atoms with Crippen LogP contribution in [0.25, 0.3) is 0 Å². The number of Topliss-reactive ketones (excluding diaryl/α,β-unsaturated/α-hetero) is 1. The van der Waals surface area contributed by atoms with Crippen molar-refractivity contribution < 1.29 is 9.72 Å². The number of hydrogen-bond donors (Lipinski definition) is 0. The van der Waals surface area contributed by atoms with Crippen LogP contribution in [0.15, 0.2) is 24.3 Å². The van der Waals surface area contributed by atoms with Gasteiger partial charge in [-0.25, -0.2) is 0 Å². The number of rotatable bonds is 6. The average Bonchev–Trinajstić information content (AvgIpc) is 2.27. The minimum atomic E-state index is -0.665. The van der Waals surface area contributed by atoms with Crippen LogP contribution < -0.4 is 0 Å². The van der Waals surface area contributed by atoms with Crippen molar-refractivity contribution in [1.82, 2.24) is 0 Å². The molecule has 0 fully saturated rings. The summed E-state index contributed by atoms with van der Waals surface area (Å²) in [6.07, 6.45) is 1.06. The van der Waals surface area contributed by atoms with E-state index in [4.69, 9.17) is 11.6 Å². The van der Waals surface area contributed by atoms with Crippen LogP contribution in [0.4, 0.5) is 0 Å². The molecule has 17 heavy (non-hydrogen) atoms. The first-order valence-corrected chi connectivity index (χ1v) is 5.82. The minimum Gasteiger partial charge on any atom is -0.299 e. The van der Waals surface area contributed by atoms with E-state index in [1.54, 1.807) is 24.3 Å². The molecule has 0 saturated carbocycles. The molecule has 0 unspecified atom stereocenters. The van der Waals surface area contributed by atoms with Crippen LogP contribution in [0.5, 0.6) is 0 Å². The lowest BCUT2D eigenvalue weighted by Gasteiger charge is -2.11. The SMILES string of the molecule is CCCC(=O)[C@@H](C[N+](=O)[O-])c1ccc(Cl)cc1. The summed E-state index contributed by atoms with van der Waals surface area (Å²) in [5, 5.41) is 11.1. The maximum Gasteiger partial charge on any atom is 0.217 e. The van der Waals surface area contributed by atoms with Gasteiger partial charge in [-0.05, 0) is 24.1 Å². The maximum absolute atomic E-state index is 11.8. The van der Waals surface area contributed by atoms with Crippen LogP contribution in [0.3, 0.4) is 0 Å². The Morgan fingerprint density at radius 2 is 2.00 bits per heavy atom. The first-order valence-electron chi connectivity index (χ1n) is 5.44. The topological polar surface area (TPSA) is 60.2 Å². The van der Waals surface area contributed by atoms with Gasteiger partial charge in [0.25, 0.3) is 0 Å². The largest absolute Gasteiger partial charge is 0.299 e. The number of benzene rings is 1. The monoisotopic (exact) mass is 255 g/mol. The third-order valence-electron chi connectivity index (χ3n) is 2.49. The number of carbonyl (C=O) groups excluding carboxylic acids is 1. The second-order valence-corrected chi connectivity index (χ2v) is 4.27. The second-order valence-electron chi connectivity index (χ2n) is 3.84. The molecule has 0 amide bonds. The molecule has 0 saturated heterocycles. The molecule has 1 atom stereocenters. The van der Waals surface area contributed by atoms with Crippen LogP contribution in [-0.4, -0.2) is 17.3 Å². The molecule has 0 aliphatic rings. The van der Waals surface area contributed by atoms with Crippen molar-refractivity contribution in [2.75, 3.05) is 6.54 Å². The molecule has 92 valence electrons. The zero-order valence-electron chi connectivity index (χ0n) is 9.56. The number of hydrogen-bond acceptors (Lipinski definition) is 3. The van der Waals surface area contributed by atoms with Gasteiger partial charge in [0.2, 0.25) is 6.54 Å². The third-order valence-corrected chi connectivity index (χ3v) is 2.74. The van der Waals surface area contributed by atoms with Crippen molar-refractivity contribution in [3.05, 3.63) is 45.0 Å². The second kappa shape index (κ2) is 6.35. The smallest absolute Gasteiger partial charge is 0.217 e. The normalized spacial score (nSPS) is 12.1. The van der Waals surface area contributed by atoms with Crippen molar-refractivity contribution in [3.63, 3.8) is 0 Å². The van der Waals surface area contributed by atoms with Gasteiger partial charge in [0, 0.05) is 16.4 Å². The predicted molar refractivity (Wildman–Crippen MR) is 66.0 cm³/mol. The van der Waals surface area contributed by atoms with Crippen LogP contribution in [0, 0.1) is 10.1 Å². The summed E-state index contributed by atoms with van der Waals surface area (Å²) in [4.78, 5) is 22.0. The van der Waals surface area contributed by atoms with Crippen molar-refractivity contribution in [3.8, 4) is 0 Å². The molecular weight excluding hydrogens is 242 g/mol. The van der Waals surface area contributed by atoms with E-state index in [0.717, 1.165) is 0 Å². The first kappa shape index (κ1) is 13.6. The van der Waals surface area contributed by atoms with Gasteiger partial charge in [0.05, 0.1) is 0 Å². The van der Waals surface area contributed by atoms with E-state index in [-0.39, 0.29) is 12.3 Å². The van der Waals surface area contributed by atoms with Gasteiger partial charge in [-0.15, -0.1) is 0 Å². The van der Waals surface area contributed by atoms with Crippen LogP contribution >= 0.6 is 11.6 Å². The zero-order chi connectivity index (χ0) is 12.8. The summed E-state index contributed by atoms with van der Waals surface area (Å²) >= 11 is 5.74. The molecule has 0 aliphatic heterocycles. The Balaban J connectivity index is 2.92. The Morgan fingerprint density at radius 1 is 1.41 bits per heavy atom. The molecule has 0 aromatic heterocycles. The molecule has 1 aromatic carbocycles. The number of ketones is 1. The first-order chi connectivity index (χ1) is 8.04. The molecule has 0 heterocycles. The highest BCUT2D eigenvalue weighted by molar-refractivity contribution is 6.30. The highest BCUT2D eigenvalue weighted by atomic mass is 35.5. The highest BCUT2D eigenvalue weighted by Crippen LogP contribution is 2.21. The van der Waals surface area contributed by atoms with E-state index in [1.165, 1.54) is 0 Å². The molecule has 5 heteroatoms. The fraction of sp³-hybridized carbons (Fsp3) is 0.417. The lowest BCUT2D eigenvalue weighted by Crippen LogP contribution is -2.21. The maximum atomic E-state index is 11.8. The Kier molecular flexibility index (Phi) is 5.10. The van der Waals surface area contributed by atoms with E-state index < -0.39 is 10.8 Å². The van der Waals surface area contributed by atoms with Gasteiger partial charge in [-0.1, -0.05) is 30.7 Å². The molecule has 0 radical (unpaired) electrons. The number of carbonyl (C=O) groups is 1. The summed E-state index contributed by atoms with van der Waals surface area (Å²) in [5.41, 5.74) is 0.657. The zero-order valence-corrected chi connectivity index (χ0v) is 10.3. The average molecular weight is 256 g/mol. The van der Waals surface area contributed by atoms with Gasteiger partial charge in [-0.2, -0.15) is 0 Å². The summed E-state index contributed by atoms with van der Waals surface area (Å²) in [6.45, 7) is 1.52. The predicted octanol–water partition coefficient (Wildman–Crippen LogP) is 3.07. The van der Waals surface area contributed by atoms with E-state index >= 15 is 0 Å². The Morgan fingerprint density at radius 3 is 2.47 bits per heavy atom. The summed E-state index contributed by atoms with van der Waals surface area (Å²) in [7, 11) is 0. The van der Waals surface area contributed by atoms with E-state index in [2.05, 4.69) is 0 Å². The molecule has 4 nitrogen and oxygen atoms in total. The van der Waals surface area contributed by atoms with Gasteiger partial charge in [0.1, 0.15) is 11.7 Å². The van der Waals surface area contributed by atoms with E-state index in [1.807, 2.05) is 6.92 Å². The van der Waals surface area contributed by atoms with Gasteiger partial charge in [-0.3, -0.25) is 14.9 Å². The van der Waals surface area contributed by atoms with Crippen LogP contribution in [-0.2, 0) is 4.79 Å². The lowest BCUT2D eigenvalue weighted by molar-refractivity contribution is -0.481. The van der Waals surface area contributed by atoms with Crippen molar-refractivity contribution >= 4 is 17.4 Å². The molecule has 0 spiro atoms. The fourth-order valence-corrected chi connectivity index (χ4v) is 1.78. The lowest BCUT2D eigenvalue weighted by atomic mass is 9.92. The summed E-state index contributed by atoms with van der Waals surface area (Å²) < 4.78 is 0. The van der Waals surface area contributed by atoms with Crippen molar-refractivity contribution in [2.24, 2.45) is 0 Å². The highest BCUT2D eigenvalue weighted by Gasteiger charge is 2.24. The fourth-order valence-electron chi connectivity index (χ4n) is 1.66. The third kappa shape index (κ3) is 4.15. The molecule has 1 rings (SSSR count). The molecule has 0 N–H and O–H groups in total. The Bertz CT molecular complexity index is 403. The van der Waals surface area contributed by atoms with Gasteiger partial charge >= 0.3 is 0 Å². The summed E-state index contributed by atoms with van der Waals surface area (Å²) in [5.74, 6) is -0.756.